The smallest absolute Gasteiger partial charge is 0.332 e. The molecule has 0 saturated carbocycles. The summed E-state index contributed by atoms with van der Waals surface area (Å²) in [4.78, 5) is 30.5. The molecule has 1 amide bonds. The van der Waals surface area contributed by atoms with Crippen LogP contribution in [0.2, 0.25) is 10.0 Å². The van der Waals surface area contributed by atoms with Gasteiger partial charge >= 0.3 is 5.97 Å². The van der Waals surface area contributed by atoms with Crippen molar-refractivity contribution in [3.05, 3.63) is 110 Å². The number of nitrogens with zero attached hydrogens (tertiary/aromatic N) is 5. The van der Waals surface area contributed by atoms with Crippen LogP contribution in [0.4, 0.5) is 11.4 Å². The number of fused-ring (bicyclic) bond motifs is 3. The van der Waals surface area contributed by atoms with Gasteiger partial charge in [-0.25, -0.2) is 4.79 Å². The van der Waals surface area contributed by atoms with Crippen LogP contribution in [-0.4, -0.2) is 58.1 Å². The highest BCUT2D eigenvalue weighted by molar-refractivity contribution is 6.35. The fourth-order valence-electron chi connectivity index (χ4n) is 7.47. The SMILES string of the molecule is C=C(N)CN(/C=C(\C)C(=O)O)c1ccc(OC)cc1N1CCn2c(c(CCCOc3cc(C)c(Cl)c(C)c3)c3ccc(Cl)c(-c4c(C)nn(C)c4C)c32)C1=O. The Labute approximate surface area is 331 Å². The number of aryl methyl sites for hydroxylation is 5. The number of nitrogens with two attached hydrogens (primary N) is 1. The number of carbonyl (C=O) groups excluding carboxylic acids is 1. The van der Waals surface area contributed by atoms with Gasteiger partial charge in [-0.2, -0.15) is 5.10 Å². The molecule has 0 saturated heterocycles. The Morgan fingerprint density at radius 3 is 2.38 bits per heavy atom. The zero-order valence-electron chi connectivity index (χ0n) is 32.2. The molecule has 1 aliphatic rings. The molecule has 288 valence electrons. The number of carboxylic acid groups (broad SMARTS) is 1. The summed E-state index contributed by atoms with van der Waals surface area (Å²) in [5.41, 5.74) is 15.4. The Bertz CT molecular complexity index is 2370. The van der Waals surface area contributed by atoms with E-state index >= 15 is 4.79 Å². The van der Waals surface area contributed by atoms with Crippen molar-refractivity contribution in [3.8, 4) is 22.6 Å². The number of carbonyl (C=O) groups is 2. The number of hydrogen-bond donors (Lipinski definition) is 2. The summed E-state index contributed by atoms with van der Waals surface area (Å²) in [6, 6.07) is 13.1. The molecule has 55 heavy (non-hydrogen) atoms. The van der Waals surface area contributed by atoms with Gasteiger partial charge in [-0.15, -0.1) is 0 Å². The molecular formula is C42H46Cl2N6O5. The highest BCUT2D eigenvalue weighted by Crippen LogP contribution is 2.44. The molecule has 0 bridgehead atoms. The lowest BCUT2D eigenvalue weighted by atomic mass is 9.98. The number of hydrogen-bond acceptors (Lipinski definition) is 7. The summed E-state index contributed by atoms with van der Waals surface area (Å²) < 4.78 is 15.8. The summed E-state index contributed by atoms with van der Waals surface area (Å²) >= 11 is 13.5. The number of anilines is 2. The first-order chi connectivity index (χ1) is 26.1. The number of rotatable bonds is 13. The summed E-state index contributed by atoms with van der Waals surface area (Å²) in [6.07, 6.45) is 2.67. The largest absolute Gasteiger partial charge is 0.497 e. The van der Waals surface area contributed by atoms with Crippen molar-refractivity contribution < 1.29 is 24.2 Å². The van der Waals surface area contributed by atoms with Gasteiger partial charge < -0.3 is 34.7 Å². The second-order valence-corrected chi connectivity index (χ2v) is 14.8. The van der Waals surface area contributed by atoms with Crippen LogP contribution in [0.1, 0.15) is 51.9 Å². The van der Waals surface area contributed by atoms with Gasteiger partial charge in [0.1, 0.15) is 17.2 Å². The Morgan fingerprint density at radius 2 is 1.76 bits per heavy atom. The predicted octanol–water partition coefficient (Wildman–Crippen LogP) is 8.53. The third-order valence-corrected chi connectivity index (χ3v) is 11.0. The van der Waals surface area contributed by atoms with Gasteiger partial charge in [-0.3, -0.25) is 9.48 Å². The first-order valence-corrected chi connectivity index (χ1v) is 18.7. The van der Waals surface area contributed by atoms with E-state index in [-0.39, 0.29) is 18.0 Å². The Hall–Kier alpha value is -5.39. The zero-order chi connectivity index (χ0) is 39.9. The molecule has 5 aromatic rings. The van der Waals surface area contributed by atoms with Gasteiger partial charge in [0.15, 0.2) is 0 Å². The number of aromatic nitrogens is 3. The maximum atomic E-state index is 15.2. The third kappa shape index (κ3) is 7.51. The highest BCUT2D eigenvalue weighted by Gasteiger charge is 2.35. The Morgan fingerprint density at radius 1 is 1.05 bits per heavy atom. The summed E-state index contributed by atoms with van der Waals surface area (Å²) in [5, 5.41) is 16.7. The van der Waals surface area contributed by atoms with E-state index in [4.69, 9.17) is 43.5 Å². The second kappa shape index (κ2) is 15.8. The van der Waals surface area contributed by atoms with E-state index in [1.54, 1.807) is 35.1 Å². The molecule has 1 aliphatic heterocycles. The van der Waals surface area contributed by atoms with Crippen molar-refractivity contribution in [1.29, 1.82) is 0 Å². The van der Waals surface area contributed by atoms with Gasteiger partial charge in [-0.1, -0.05) is 35.8 Å². The van der Waals surface area contributed by atoms with Crippen LogP contribution in [-0.2, 0) is 24.8 Å². The predicted molar refractivity (Wildman–Crippen MR) is 220 cm³/mol. The summed E-state index contributed by atoms with van der Waals surface area (Å²) in [6.45, 7) is 14.6. The topological polar surface area (TPSA) is 128 Å². The van der Waals surface area contributed by atoms with Gasteiger partial charge in [0, 0.05) is 65.3 Å². The Kier molecular flexibility index (Phi) is 11.3. The first-order valence-electron chi connectivity index (χ1n) is 18.0. The number of ether oxygens (including phenoxy) is 2. The third-order valence-electron chi connectivity index (χ3n) is 10.1. The highest BCUT2D eigenvalue weighted by atomic mass is 35.5. The molecule has 2 aromatic heterocycles. The lowest BCUT2D eigenvalue weighted by Gasteiger charge is -2.34. The van der Waals surface area contributed by atoms with Crippen molar-refractivity contribution in [2.45, 2.75) is 54.0 Å². The minimum atomic E-state index is -1.08. The molecule has 0 atom stereocenters. The van der Waals surface area contributed by atoms with Crippen LogP contribution in [0.25, 0.3) is 22.0 Å². The fourth-order valence-corrected chi connectivity index (χ4v) is 7.83. The molecule has 0 aliphatic carbocycles. The van der Waals surface area contributed by atoms with Crippen molar-refractivity contribution in [2.24, 2.45) is 12.8 Å². The number of amides is 1. The molecule has 13 heteroatoms. The maximum absolute atomic E-state index is 15.2. The average Bonchev–Trinajstić information content (AvgIpc) is 3.59. The van der Waals surface area contributed by atoms with Crippen molar-refractivity contribution in [3.63, 3.8) is 0 Å². The van der Waals surface area contributed by atoms with E-state index < -0.39 is 5.97 Å². The van der Waals surface area contributed by atoms with Crippen LogP contribution in [0.5, 0.6) is 11.5 Å². The van der Waals surface area contributed by atoms with Crippen LogP contribution < -0.4 is 25.0 Å². The van der Waals surface area contributed by atoms with Crippen molar-refractivity contribution >= 4 is 57.4 Å². The fraction of sp³-hybridized carbons (Fsp3) is 0.310. The average molecular weight is 786 g/mol. The van der Waals surface area contributed by atoms with Crippen molar-refractivity contribution in [1.82, 2.24) is 14.3 Å². The lowest BCUT2D eigenvalue weighted by molar-refractivity contribution is -0.132. The summed E-state index contributed by atoms with van der Waals surface area (Å²) in [5.74, 6) is -0.0250. The van der Waals surface area contributed by atoms with E-state index in [9.17, 15) is 9.90 Å². The van der Waals surface area contributed by atoms with Crippen molar-refractivity contribution in [2.75, 3.05) is 36.6 Å². The van der Waals surface area contributed by atoms with Gasteiger partial charge in [0.2, 0.25) is 0 Å². The first kappa shape index (κ1) is 39.3. The minimum Gasteiger partial charge on any atom is -0.497 e. The molecule has 3 aromatic carbocycles. The van der Waals surface area contributed by atoms with E-state index in [1.807, 2.05) is 63.7 Å². The van der Waals surface area contributed by atoms with Gasteiger partial charge in [-0.05, 0) is 94.5 Å². The number of benzene rings is 3. The number of carboxylic acids is 1. The molecular weight excluding hydrogens is 739 g/mol. The van der Waals surface area contributed by atoms with Crippen LogP contribution in [0.15, 0.2) is 66.5 Å². The molecule has 0 fully saturated rings. The van der Waals surface area contributed by atoms with Crippen LogP contribution in [0.3, 0.4) is 0 Å². The van der Waals surface area contributed by atoms with Gasteiger partial charge in [0.25, 0.3) is 5.91 Å². The molecule has 0 radical (unpaired) electrons. The van der Waals surface area contributed by atoms with Crippen LogP contribution >= 0.6 is 23.2 Å². The molecule has 3 heterocycles. The van der Waals surface area contributed by atoms with E-state index in [1.165, 1.54) is 13.1 Å². The molecule has 0 spiro atoms. The lowest BCUT2D eigenvalue weighted by Crippen LogP contribution is -2.41. The summed E-state index contributed by atoms with van der Waals surface area (Å²) in [7, 11) is 3.47. The second-order valence-electron chi connectivity index (χ2n) is 14.0. The zero-order valence-corrected chi connectivity index (χ0v) is 33.7. The number of aliphatic carboxylic acids is 1. The minimum absolute atomic E-state index is 0.0898. The molecule has 3 N–H and O–H groups in total. The van der Waals surface area contributed by atoms with Crippen LogP contribution in [0, 0.1) is 27.7 Å². The maximum Gasteiger partial charge on any atom is 0.332 e. The number of methoxy groups -OCH3 is 1. The molecule has 0 unspecified atom stereocenters. The number of halogens is 2. The normalized spacial score (nSPS) is 13.0. The van der Waals surface area contributed by atoms with Gasteiger partial charge in [0.05, 0.1) is 53.4 Å². The van der Waals surface area contributed by atoms with E-state index in [0.29, 0.717) is 66.1 Å². The standard InChI is InChI=1S/C42H46Cl2N6O5/c1-23-18-30(19-24(2)38(23)44)55-17-9-10-31-32-12-13-33(43)37(36-27(5)46-47(7)28(36)6)39(32)50-16-15-49(41(51)40(31)50)35-20-29(54-8)11-14-34(35)48(22-26(4)45)21-25(3)42(52)53/h11-14,18-21H,4,9-10,15-17,22,45H2,1-3,5-8H3,(H,52,53)/b25-21+. The molecule has 6 rings (SSSR count). The molecule has 11 nitrogen and oxygen atoms in total. The Balaban J connectivity index is 1.50. The monoisotopic (exact) mass is 784 g/mol. The quantitative estimate of drug-likeness (QED) is 0.0899. The van der Waals surface area contributed by atoms with E-state index in [0.717, 1.165) is 60.9 Å². The van der Waals surface area contributed by atoms with E-state index in [2.05, 4.69) is 11.1 Å².